The average Bonchev–Trinajstić information content (AvgIpc) is 1.90. The van der Waals surface area contributed by atoms with Crippen molar-refractivity contribution in [3.8, 4) is 0 Å². The lowest BCUT2D eigenvalue weighted by molar-refractivity contribution is 0.690. The third-order valence-electron chi connectivity index (χ3n) is 1.52. The summed E-state index contributed by atoms with van der Waals surface area (Å²) in [6.45, 7) is 6.24. The molecule has 2 N–H and O–H groups in total. The summed E-state index contributed by atoms with van der Waals surface area (Å²) in [7, 11) is 0. The van der Waals surface area contributed by atoms with Crippen LogP contribution in [0, 0.1) is 5.41 Å². The second-order valence-corrected chi connectivity index (χ2v) is 3.54. The van der Waals surface area contributed by atoms with Gasteiger partial charge in [-0.25, -0.2) is 4.99 Å². The van der Waals surface area contributed by atoms with E-state index in [0.29, 0.717) is 5.82 Å². The molecule has 0 aromatic rings. The Morgan fingerprint density at radius 2 is 2.09 bits per heavy atom. The van der Waals surface area contributed by atoms with E-state index < -0.39 is 0 Å². The lowest BCUT2D eigenvalue weighted by Gasteiger charge is -2.12. The van der Waals surface area contributed by atoms with E-state index in [9.17, 15) is 0 Å². The highest BCUT2D eigenvalue weighted by atomic mass is 14.9. The van der Waals surface area contributed by atoms with Gasteiger partial charge in [0.05, 0.1) is 0 Å². The Morgan fingerprint density at radius 1 is 1.45 bits per heavy atom. The van der Waals surface area contributed by atoms with Crippen molar-refractivity contribution < 1.29 is 0 Å². The zero-order valence-corrected chi connectivity index (χ0v) is 7.26. The van der Waals surface area contributed by atoms with Gasteiger partial charge in [0, 0.05) is 11.6 Å². The quantitative estimate of drug-likeness (QED) is 0.562. The molecule has 0 atom stereocenters. The van der Waals surface area contributed by atoms with Gasteiger partial charge in [-0.3, -0.25) is 0 Å². The summed E-state index contributed by atoms with van der Waals surface area (Å²) in [4.78, 5) is 4.09. The molecule has 0 amide bonds. The normalized spacial score (nSPS) is 22.1. The summed E-state index contributed by atoms with van der Waals surface area (Å²) >= 11 is 0. The Bertz CT molecular complexity index is 244. The molecule has 0 bridgehead atoms. The molecule has 1 rings (SSSR count). The molecular weight excluding hydrogens is 136 g/mol. The first-order chi connectivity index (χ1) is 4.99. The molecule has 0 aromatic heterocycles. The van der Waals surface area contributed by atoms with Crippen molar-refractivity contribution in [1.82, 2.24) is 0 Å². The van der Waals surface area contributed by atoms with Gasteiger partial charge < -0.3 is 5.73 Å². The fourth-order valence-corrected chi connectivity index (χ4v) is 1.18. The minimum absolute atomic E-state index is 0.0295. The van der Waals surface area contributed by atoms with E-state index in [-0.39, 0.29) is 5.41 Å². The van der Waals surface area contributed by atoms with Crippen molar-refractivity contribution in [3.63, 3.8) is 0 Å². The van der Waals surface area contributed by atoms with Gasteiger partial charge in [-0.05, 0) is 13.0 Å². The molecule has 0 unspecified atom stereocenters. The van der Waals surface area contributed by atoms with Gasteiger partial charge >= 0.3 is 0 Å². The summed E-state index contributed by atoms with van der Waals surface area (Å²) in [6.07, 6.45) is 5.90. The Labute approximate surface area is 67.5 Å². The predicted octanol–water partition coefficient (Wildman–Crippen LogP) is 1.84. The third kappa shape index (κ3) is 2.22. The maximum Gasteiger partial charge on any atom is 0.123 e. The van der Waals surface area contributed by atoms with Crippen LogP contribution in [0.25, 0.3) is 0 Å². The summed E-state index contributed by atoms with van der Waals surface area (Å²) in [5.41, 5.74) is 6.77. The van der Waals surface area contributed by atoms with Gasteiger partial charge in [-0.1, -0.05) is 25.5 Å². The van der Waals surface area contributed by atoms with Crippen LogP contribution in [0.2, 0.25) is 0 Å². The molecule has 0 aromatic carbocycles. The van der Waals surface area contributed by atoms with E-state index in [4.69, 9.17) is 5.73 Å². The fraction of sp³-hybridized carbons (Fsp3) is 0.444. The number of aliphatic imine (C=N–C) groups is 1. The highest BCUT2D eigenvalue weighted by Crippen LogP contribution is 2.20. The number of rotatable bonds is 0. The Balaban J connectivity index is 3.02. The zero-order valence-electron chi connectivity index (χ0n) is 7.26. The Morgan fingerprint density at radius 3 is 2.73 bits per heavy atom. The van der Waals surface area contributed by atoms with E-state index in [0.717, 1.165) is 0 Å². The lowest BCUT2D eigenvalue weighted by atomic mass is 9.93. The molecule has 0 spiro atoms. The summed E-state index contributed by atoms with van der Waals surface area (Å²) < 4.78 is 0. The molecule has 0 radical (unpaired) electrons. The van der Waals surface area contributed by atoms with Crippen LogP contribution in [0.5, 0.6) is 0 Å². The summed E-state index contributed by atoms with van der Waals surface area (Å²) in [6, 6.07) is 0. The molecule has 0 aliphatic carbocycles. The molecule has 2 heteroatoms. The predicted molar refractivity (Wildman–Crippen MR) is 48.3 cm³/mol. The second kappa shape index (κ2) is 2.53. The number of hydrogen-bond acceptors (Lipinski definition) is 2. The van der Waals surface area contributed by atoms with Gasteiger partial charge in [0.2, 0.25) is 0 Å². The molecule has 1 heterocycles. The van der Waals surface area contributed by atoms with Crippen molar-refractivity contribution in [2.24, 2.45) is 16.1 Å². The molecular formula is C9H14N2. The second-order valence-electron chi connectivity index (χ2n) is 3.54. The van der Waals surface area contributed by atoms with Crippen LogP contribution in [0.15, 0.2) is 28.5 Å². The minimum atomic E-state index is 0.0295. The van der Waals surface area contributed by atoms with Gasteiger partial charge in [-0.2, -0.15) is 0 Å². The molecule has 1 aliphatic rings. The lowest BCUT2D eigenvalue weighted by Crippen LogP contribution is -2.08. The summed E-state index contributed by atoms with van der Waals surface area (Å²) in [5.74, 6) is 0.587. The monoisotopic (exact) mass is 150 g/mol. The number of nitrogens with zero attached hydrogens (tertiary/aromatic N) is 1. The third-order valence-corrected chi connectivity index (χ3v) is 1.52. The topological polar surface area (TPSA) is 38.4 Å². The van der Waals surface area contributed by atoms with Crippen LogP contribution >= 0.6 is 0 Å². The highest BCUT2D eigenvalue weighted by molar-refractivity contribution is 5.70. The molecule has 0 saturated heterocycles. The SMILES string of the molecule is CC1=CC(C)(C)C=NC(N)=C1. The van der Waals surface area contributed by atoms with Crippen molar-refractivity contribution in [2.75, 3.05) is 0 Å². The van der Waals surface area contributed by atoms with Gasteiger partial charge in [0.25, 0.3) is 0 Å². The largest absolute Gasteiger partial charge is 0.384 e. The van der Waals surface area contributed by atoms with Crippen LogP contribution in [0.3, 0.4) is 0 Å². The first-order valence-corrected chi connectivity index (χ1v) is 3.71. The zero-order chi connectivity index (χ0) is 8.48. The molecule has 0 saturated carbocycles. The van der Waals surface area contributed by atoms with Crippen LogP contribution < -0.4 is 5.73 Å². The van der Waals surface area contributed by atoms with Crippen LogP contribution in [0.1, 0.15) is 20.8 Å². The molecule has 1 aliphatic heterocycles. The maximum atomic E-state index is 5.57. The molecule has 2 nitrogen and oxygen atoms in total. The van der Waals surface area contributed by atoms with E-state index in [1.54, 1.807) is 0 Å². The Hall–Kier alpha value is -1.05. The number of hydrogen-bond donors (Lipinski definition) is 1. The number of nitrogens with two attached hydrogens (primary N) is 1. The fourth-order valence-electron chi connectivity index (χ4n) is 1.18. The minimum Gasteiger partial charge on any atom is -0.384 e. The van der Waals surface area contributed by atoms with E-state index >= 15 is 0 Å². The van der Waals surface area contributed by atoms with Gasteiger partial charge in [-0.15, -0.1) is 0 Å². The van der Waals surface area contributed by atoms with E-state index in [1.807, 2.05) is 19.2 Å². The average molecular weight is 150 g/mol. The van der Waals surface area contributed by atoms with E-state index in [1.165, 1.54) is 5.57 Å². The molecule has 60 valence electrons. The van der Waals surface area contributed by atoms with Crippen LogP contribution in [0.4, 0.5) is 0 Å². The standard InChI is InChI=1S/C9H14N2/c1-7-4-8(10)11-6-9(2,3)5-7/h4-6H,10H2,1-3H3. The molecule has 11 heavy (non-hydrogen) atoms. The van der Waals surface area contributed by atoms with Crippen LogP contribution in [-0.4, -0.2) is 6.21 Å². The van der Waals surface area contributed by atoms with Crippen molar-refractivity contribution in [3.05, 3.63) is 23.5 Å². The van der Waals surface area contributed by atoms with Crippen molar-refractivity contribution in [2.45, 2.75) is 20.8 Å². The van der Waals surface area contributed by atoms with Crippen LogP contribution in [-0.2, 0) is 0 Å². The molecule has 0 fully saturated rings. The van der Waals surface area contributed by atoms with Gasteiger partial charge in [0.1, 0.15) is 5.82 Å². The smallest absolute Gasteiger partial charge is 0.123 e. The summed E-state index contributed by atoms with van der Waals surface area (Å²) in [5, 5.41) is 0. The Kier molecular flexibility index (Phi) is 1.85. The first kappa shape index (κ1) is 8.05. The van der Waals surface area contributed by atoms with Crippen molar-refractivity contribution in [1.29, 1.82) is 0 Å². The first-order valence-electron chi connectivity index (χ1n) is 3.71. The van der Waals surface area contributed by atoms with Gasteiger partial charge in [0.15, 0.2) is 0 Å². The van der Waals surface area contributed by atoms with E-state index in [2.05, 4.69) is 24.9 Å². The van der Waals surface area contributed by atoms with Crippen molar-refractivity contribution >= 4 is 6.21 Å². The number of allylic oxidation sites excluding steroid dienone is 3. The maximum absolute atomic E-state index is 5.57. The highest BCUT2D eigenvalue weighted by Gasteiger charge is 2.12.